The minimum Gasteiger partial charge on any atom is -0.402 e. The zero-order valence-electron chi connectivity index (χ0n) is 20.6. The number of imidazole rings is 1. The summed E-state index contributed by atoms with van der Waals surface area (Å²) in [5, 5.41) is 0. The average Bonchev–Trinajstić information content (AvgIpc) is 3.59. The van der Waals surface area contributed by atoms with Crippen LogP contribution in [-0.4, -0.2) is 69.8 Å². The molecule has 2 fully saturated rings. The first-order valence-electron chi connectivity index (χ1n) is 11.7. The molecule has 0 radical (unpaired) electrons. The number of alkyl halides is 3. The highest BCUT2D eigenvalue weighted by atomic mass is 19.4. The molecule has 35 heavy (non-hydrogen) atoms. The molecule has 1 saturated carbocycles. The number of halogens is 3. The molecule has 2 aliphatic rings. The van der Waals surface area contributed by atoms with Gasteiger partial charge >= 0.3 is 6.36 Å². The van der Waals surface area contributed by atoms with Crippen molar-refractivity contribution >= 4 is 11.7 Å². The summed E-state index contributed by atoms with van der Waals surface area (Å²) in [6.07, 6.45) is 1.33. The highest BCUT2D eigenvalue weighted by Gasteiger charge is 2.33. The zero-order chi connectivity index (χ0) is 26.2. The molecule has 0 spiro atoms. The van der Waals surface area contributed by atoms with Crippen molar-refractivity contribution in [3.63, 3.8) is 0 Å². The molecule has 2 aromatic rings. The second kappa shape index (κ2) is 12.6. The highest BCUT2D eigenvalue weighted by molar-refractivity contribution is 5.78. The quantitative estimate of drug-likeness (QED) is 0.575. The highest BCUT2D eigenvalue weighted by Crippen LogP contribution is 2.41. The van der Waals surface area contributed by atoms with Crippen molar-refractivity contribution in [2.75, 3.05) is 39.0 Å². The Balaban J connectivity index is 0.00000103. The van der Waals surface area contributed by atoms with Gasteiger partial charge in [0.25, 0.3) is 0 Å². The maximum atomic E-state index is 12.6. The number of aryl methyl sites for hydroxylation is 1. The van der Waals surface area contributed by atoms with Crippen molar-refractivity contribution in [1.82, 2.24) is 24.3 Å². The van der Waals surface area contributed by atoms with Crippen molar-refractivity contribution in [3.8, 4) is 17.0 Å². The molecule has 0 bridgehead atoms. The van der Waals surface area contributed by atoms with E-state index in [9.17, 15) is 18.0 Å². The van der Waals surface area contributed by atoms with Crippen molar-refractivity contribution < 1.29 is 22.7 Å². The molecule has 0 unspecified atom stereocenters. The summed E-state index contributed by atoms with van der Waals surface area (Å²) >= 11 is 0. The second-order valence-electron chi connectivity index (χ2n) is 8.05. The molecule has 194 valence electrons. The summed E-state index contributed by atoms with van der Waals surface area (Å²) in [7, 11) is 1.81. The van der Waals surface area contributed by atoms with E-state index in [4.69, 9.17) is 5.73 Å². The number of likely N-dealkylation sites (N-methyl/N-ethyl adjacent to an activating group) is 1. The van der Waals surface area contributed by atoms with Crippen LogP contribution in [0.5, 0.6) is 5.75 Å². The van der Waals surface area contributed by atoms with Gasteiger partial charge in [-0.3, -0.25) is 9.69 Å². The number of anilines is 1. The molecule has 1 amide bonds. The van der Waals surface area contributed by atoms with Gasteiger partial charge in [0.1, 0.15) is 5.82 Å². The van der Waals surface area contributed by atoms with Crippen LogP contribution in [0.4, 0.5) is 19.0 Å². The van der Waals surface area contributed by atoms with Crippen molar-refractivity contribution in [2.24, 2.45) is 0 Å². The third-order valence-corrected chi connectivity index (χ3v) is 5.56. The number of nitrogens with zero attached hydrogens (tertiary/aromatic N) is 5. The first-order chi connectivity index (χ1) is 16.7. The number of ether oxygens (including phenoxy) is 1. The lowest BCUT2D eigenvalue weighted by Crippen LogP contribution is -2.48. The number of hydrogen-bond acceptors (Lipinski definition) is 6. The molecule has 2 aromatic heterocycles. The Labute approximate surface area is 204 Å². The van der Waals surface area contributed by atoms with Gasteiger partial charge in [-0.2, -0.15) is 0 Å². The maximum absolute atomic E-state index is 12.6. The van der Waals surface area contributed by atoms with Gasteiger partial charge in [0.2, 0.25) is 5.91 Å². The van der Waals surface area contributed by atoms with Gasteiger partial charge in [0.05, 0.1) is 12.2 Å². The monoisotopic (exact) mass is 496 g/mol. The fourth-order valence-corrected chi connectivity index (χ4v) is 3.68. The fraction of sp³-hybridized carbons (Fsp3) is 0.542. The Morgan fingerprint density at radius 2 is 1.89 bits per heavy atom. The van der Waals surface area contributed by atoms with Crippen LogP contribution >= 0.6 is 0 Å². The van der Waals surface area contributed by atoms with E-state index in [1.807, 2.05) is 27.1 Å². The van der Waals surface area contributed by atoms with Gasteiger partial charge in [-0.25, -0.2) is 9.97 Å². The summed E-state index contributed by atoms with van der Waals surface area (Å²) in [6.45, 7) is 13.5. The Hall–Kier alpha value is -3.08. The first-order valence-corrected chi connectivity index (χ1v) is 11.7. The summed E-state index contributed by atoms with van der Waals surface area (Å²) < 4.78 is 43.9. The standard InChI is InChI=1S/C20H25F3N6O2.C2H6.C2H4/c1-27-7-8-28(12-17(27)30)5-2-6-29-11-15(26-19(29)13-3-4-13)14-9-16(18(24)25-10-14)31-20(21,22)23;2*1-2/h9-11,13H,2-8,12H2,1H3,(H2,24,25);1-2H3;1-2H2. The molecule has 0 aromatic carbocycles. The van der Waals surface area contributed by atoms with E-state index in [-0.39, 0.29) is 11.7 Å². The number of aromatic nitrogens is 3. The number of nitrogen functional groups attached to an aromatic ring is 1. The Bertz CT molecular complexity index is 975. The zero-order valence-corrected chi connectivity index (χ0v) is 20.6. The molecule has 3 heterocycles. The SMILES string of the molecule is C=C.CC.CN1CCN(CCCn2cc(-c3cnc(N)c(OC(F)(F)F)c3)nc2C2CC2)CC1=O. The molecule has 8 nitrogen and oxygen atoms in total. The van der Waals surface area contributed by atoms with Crippen LogP contribution in [-0.2, 0) is 11.3 Å². The number of amides is 1. The van der Waals surface area contributed by atoms with Crippen LogP contribution < -0.4 is 10.5 Å². The molecule has 2 N–H and O–H groups in total. The number of piperazine rings is 1. The Morgan fingerprint density at radius 3 is 2.49 bits per heavy atom. The molecule has 1 aliphatic heterocycles. The number of hydrogen-bond donors (Lipinski definition) is 1. The van der Waals surface area contributed by atoms with Gasteiger partial charge < -0.3 is 19.9 Å². The van der Waals surface area contributed by atoms with Gasteiger partial charge in [-0.05, 0) is 25.3 Å². The average molecular weight is 497 g/mol. The van der Waals surface area contributed by atoms with Crippen molar-refractivity contribution in [2.45, 2.75) is 51.9 Å². The normalized spacial score (nSPS) is 16.2. The lowest BCUT2D eigenvalue weighted by Gasteiger charge is -2.31. The fourth-order valence-electron chi connectivity index (χ4n) is 3.68. The van der Waals surface area contributed by atoms with E-state index in [1.54, 1.807) is 4.90 Å². The van der Waals surface area contributed by atoms with E-state index in [2.05, 4.69) is 37.3 Å². The molecule has 1 aliphatic carbocycles. The molecule has 0 atom stereocenters. The van der Waals surface area contributed by atoms with Crippen LogP contribution in [0.25, 0.3) is 11.3 Å². The van der Waals surface area contributed by atoms with Crippen LogP contribution in [0.15, 0.2) is 31.6 Å². The van der Waals surface area contributed by atoms with E-state index < -0.39 is 12.1 Å². The van der Waals surface area contributed by atoms with E-state index in [0.29, 0.717) is 30.3 Å². The van der Waals surface area contributed by atoms with E-state index in [1.165, 1.54) is 12.3 Å². The lowest BCUT2D eigenvalue weighted by atomic mass is 10.2. The molecule has 1 saturated heterocycles. The van der Waals surface area contributed by atoms with Crippen molar-refractivity contribution in [1.29, 1.82) is 0 Å². The predicted octanol–water partition coefficient (Wildman–Crippen LogP) is 4.30. The van der Waals surface area contributed by atoms with Gasteiger partial charge in [0.15, 0.2) is 11.6 Å². The number of rotatable bonds is 7. The van der Waals surface area contributed by atoms with Crippen LogP contribution in [0.1, 0.15) is 44.9 Å². The molecular formula is C24H35F3N6O2. The topological polar surface area (TPSA) is 89.5 Å². The van der Waals surface area contributed by atoms with Crippen LogP contribution in [0.3, 0.4) is 0 Å². The van der Waals surface area contributed by atoms with E-state index >= 15 is 0 Å². The van der Waals surface area contributed by atoms with Crippen LogP contribution in [0, 0.1) is 0 Å². The molecule has 4 rings (SSSR count). The minimum absolute atomic E-state index is 0.127. The Kier molecular flexibility index (Phi) is 10.1. The summed E-state index contributed by atoms with van der Waals surface area (Å²) in [4.78, 5) is 24.2. The summed E-state index contributed by atoms with van der Waals surface area (Å²) in [6, 6.07) is 1.22. The van der Waals surface area contributed by atoms with Crippen molar-refractivity contribution in [3.05, 3.63) is 37.4 Å². The number of carbonyl (C=O) groups excluding carboxylic acids is 1. The summed E-state index contributed by atoms with van der Waals surface area (Å²) in [5.74, 6) is 0.561. The van der Waals surface area contributed by atoms with Gasteiger partial charge in [-0.1, -0.05) is 13.8 Å². The lowest BCUT2D eigenvalue weighted by molar-refractivity contribution is -0.274. The molecule has 11 heteroatoms. The minimum atomic E-state index is -4.85. The molecular weight excluding hydrogens is 461 g/mol. The number of pyridine rings is 1. The van der Waals surface area contributed by atoms with Gasteiger partial charge in [-0.15, -0.1) is 26.3 Å². The maximum Gasteiger partial charge on any atom is 0.573 e. The first kappa shape index (κ1) is 28.2. The van der Waals surface area contributed by atoms with Gasteiger partial charge in [0, 0.05) is 57.1 Å². The third-order valence-electron chi connectivity index (χ3n) is 5.56. The third kappa shape index (κ3) is 7.98. The smallest absolute Gasteiger partial charge is 0.402 e. The Morgan fingerprint density at radius 1 is 1.20 bits per heavy atom. The second-order valence-corrected chi connectivity index (χ2v) is 8.05. The largest absolute Gasteiger partial charge is 0.573 e. The van der Waals surface area contributed by atoms with E-state index in [0.717, 1.165) is 44.7 Å². The predicted molar refractivity (Wildman–Crippen MR) is 130 cm³/mol. The van der Waals surface area contributed by atoms with Crippen LogP contribution in [0.2, 0.25) is 0 Å². The number of nitrogens with two attached hydrogens (primary N) is 1. The number of carbonyl (C=O) groups is 1. The summed E-state index contributed by atoms with van der Waals surface area (Å²) in [5.41, 5.74) is 6.48.